The molecular formula is C17H23N3O4S. The molecule has 2 heterocycles. The van der Waals surface area contributed by atoms with E-state index >= 15 is 0 Å². The van der Waals surface area contributed by atoms with E-state index in [4.69, 9.17) is 4.42 Å². The number of nitrogens with one attached hydrogen (secondary N) is 1. The van der Waals surface area contributed by atoms with Gasteiger partial charge in [-0.1, -0.05) is 12.1 Å². The molecule has 1 N–H and O–H groups in total. The third-order valence-corrected chi connectivity index (χ3v) is 6.38. The number of sulfone groups is 1. The van der Waals surface area contributed by atoms with Crippen LogP contribution in [0.2, 0.25) is 0 Å². The average molecular weight is 365 g/mol. The zero-order chi connectivity index (χ0) is 18.0. The van der Waals surface area contributed by atoms with Crippen molar-refractivity contribution in [3.63, 3.8) is 0 Å². The highest BCUT2D eigenvalue weighted by Crippen LogP contribution is 2.19. The Bertz CT molecular complexity index is 875. The summed E-state index contributed by atoms with van der Waals surface area (Å²) in [4.78, 5) is 18.4. The highest BCUT2D eigenvalue weighted by atomic mass is 32.2. The van der Waals surface area contributed by atoms with Gasteiger partial charge < -0.3 is 14.6 Å². The van der Waals surface area contributed by atoms with Gasteiger partial charge in [-0.3, -0.25) is 4.79 Å². The number of aromatic nitrogens is 1. The van der Waals surface area contributed by atoms with Gasteiger partial charge in [-0.25, -0.2) is 13.4 Å². The van der Waals surface area contributed by atoms with Crippen molar-refractivity contribution >= 4 is 26.8 Å². The Labute approximate surface area is 147 Å². The fourth-order valence-corrected chi connectivity index (χ4v) is 4.86. The number of nitrogens with zero attached hydrogens (tertiary/aromatic N) is 2. The fraction of sp³-hybridized carbons (Fsp3) is 0.529. The van der Waals surface area contributed by atoms with Gasteiger partial charge >= 0.3 is 0 Å². The van der Waals surface area contributed by atoms with E-state index in [0.29, 0.717) is 30.9 Å². The Kier molecular flexibility index (Phi) is 5.10. The summed E-state index contributed by atoms with van der Waals surface area (Å²) in [7, 11) is -1.04. The van der Waals surface area contributed by atoms with E-state index in [9.17, 15) is 13.2 Å². The minimum atomic E-state index is -2.90. The number of fused-ring (bicyclic) bond motifs is 1. The molecule has 0 radical (unpaired) electrons. The quantitative estimate of drug-likeness (QED) is 0.828. The number of carbonyl (C=O) groups is 1. The highest BCUT2D eigenvalue weighted by Gasteiger charge is 2.30. The standard InChI is InChI=1S/C17H23N3O4S/c1-12-4-3-5-14-17(12)19-16(24-14)10-18-15(21)6-8-20(2)13-7-9-25(22,23)11-13/h3-5,13H,6-11H2,1-2H3,(H,18,21)/t13-/m0/s1. The maximum atomic E-state index is 12.0. The number of carbonyl (C=O) groups excluding carboxylic acids is 1. The molecule has 1 fully saturated rings. The minimum Gasteiger partial charge on any atom is -0.439 e. The summed E-state index contributed by atoms with van der Waals surface area (Å²) in [6.45, 7) is 2.74. The summed E-state index contributed by atoms with van der Waals surface area (Å²) in [5.41, 5.74) is 2.56. The molecule has 1 aliphatic rings. The van der Waals surface area contributed by atoms with Gasteiger partial charge in [-0.05, 0) is 32.0 Å². The van der Waals surface area contributed by atoms with Crippen LogP contribution in [0.25, 0.3) is 11.1 Å². The van der Waals surface area contributed by atoms with E-state index in [1.807, 2.05) is 37.1 Å². The first-order valence-electron chi connectivity index (χ1n) is 8.36. The topological polar surface area (TPSA) is 92.5 Å². The SMILES string of the molecule is Cc1cccc2oc(CNC(=O)CCN(C)[C@H]3CCS(=O)(=O)C3)nc12. The van der Waals surface area contributed by atoms with Crippen LogP contribution < -0.4 is 5.32 Å². The average Bonchev–Trinajstić information content (AvgIpc) is 3.14. The molecule has 3 rings (SSSR count). The highest BCUT2D eigenvalue weighted by molar-refractivity contribution is 7.91. The van der Waals surface area contributed by atoms with Gasteiger partial charge in [0.05, 0.1) is 18.1 Å². The van der Waals surface area contributed by atoms with Crippen LogP contribution in [-0.4, -0.2) is 55.3 Å². The van der Waals surface area contributed by atoms with Gasteiger partial charge in [0.25, 0.3) is 0 Å². The monoisotopic (exact) mass is 365 g/mol. The number of benzene rings is 1. The van der Waals surface area contributed by atoms with Gasteiger partial charge in [-0.15, -0.1) is 0 Å². The van der Waals surface area contributed by atoms with E-state index < -0.39 is 9.84 Å². The van der Waals surface area contributed by atoms with E-state index in [2.05, 4.69) is 10.3 Å². The van der Waals surface area contributed by atoms with Crippen LogP contribution in [0.5, 0.6) is 0 Å². The van der Waals surface area contributed by atoms with E-state index in [1.165, 1.54) is 0 Å². The number of rotatable bonds is 6. The largest absolute Gasteiger partial charge is 0.439 e. The molecule has 1 saturated heterocycles. The van der Waals surface area contributed by atoms with Crippen LogP contribution in [-0.2, 0) is 21.2 Å². The van der Waals surface area contributed by atoms with Crippen molar-refractivity contribution in [1.29, 1.82) is 0 Å². The number of hydrogen-bond donors (Lipinski definition) is 1. The molecule has 0 spiro atoms. The van der Waals surface area contributed by atoms with E-state index in [1.54, 1.807) is 0 Å². The zero-order valence-corrected chi connectivity index (χ0v) is 15.3. The molecule has 1 atom stereocenters. The molecule has 1 aliphatic heterocycles. The summed E-state index contributed by atoms with van der Waals surface area (Å²) < 4.78 is 28.7. The number of amides is 1. The van der Waals surface area contributed by atoms with Gasteiger partial charge in [0, 0.05) is 19.0 Å². The Morgan fingerprint density at radius 2 is 2.24 bits per heavy atom. The lowest BCUT2D eigenvalue weighted by Gasteiger charge is -2.22. The molecule has 0 aliphatic carbocycles. The molecule has 1 amide bonds. The van der Waals surface area contributed by atoms with Crippen LogP contribution in [0, 0.1) is 6.92 Å². The van der Waals surface area contributed by atoms with Crippen molar-refractivity contribution in [2.75, 3.05) is 25.1 Å². The number of oxazole rings is 1. The molecule has 2 aromatic rings. The number of aryl methyl sites for hydroxylation is 1. The van der Waals surface area contributed by atoms with Crippen molar-refractivity contribution in [3.05, 3.63) is 29.7 Å². The minimum absolute atomic E-state index is 0.0119. The van der Waals surface area contributed by atoms with Crippen LogP contribution >= 0.6 is 0 Å². The normalized spacial score (nSPS) is 19.6. The van der Waals surface area contributed by atoms with Gasteiger partial charge in [0.1, 0.15) is 5.52 Å². The van der Waals surface area contributed by atoms with Crippen LogP contribution in [0.4, 0.5) is 0 Å². The first-order valence-corrected chi connectivity index (χ1v) is 10.2. The molecule has 25 heavy (non-hydrogen) atoms. The van der Waals surface area contributed by atoms with Gasteiger partial charge in [-0.2, -0.15) is 0 Å². The molecule has 0 saturated carbocycles. The second-order valence-electron chi connectivity index (χ2n) is 6.59. The molecule has 0 bridgehead atoms. The van der Waals surface area contributed by atoms with Crippen molar-refractivity contribution in [2.45, 2.75) is 32.4 Å². The Morgan fingerprint density at radius 3 is 2.92 bits per heavy atom. The number of hydrogen-bond acceptors (Lipinski definition) is 6. The number of para-hydroxylation sites is 1. The third kappa shape index (κ3) is 4.38. The Balaban J connectivity index is 1.47. The van der Waals surface area contributed by atoms with Crippen LogP contribution in [0.1, 0.15) is 24.3 Å². The van der Waals surface area contributed by atoms with Gasteiger partial charge in [0.15, 0.2) is 15.4 Å². The first kappa shape index (κ1) is 17.9. The van der Waals surface area contributed by atoms with Crippen molar-refractivity contribution < 1.29 is 17.6 Å². The van der Waals surface area contributed by atoms with Crippen molar-refractivity contribution in [2.24, 2.45) is 0 Å². The maximum absolute atomic E-state index is 12.0. The summed E-state index contributed by atoms with van der Waals surface area (Å²) in [6, 6.07) is 5.74. The second-order valence-corrected chi connectivity index (χ2v) is 8.82. The van der Waals surface area contributed by atoms with Gasteiger partial charge in [0.2, 0.25) is 11.8 Å². The predicted octanol–water partition coefficient (Wildman–Crippen LogP) is 1.26. The molecule has 1 aromatic carbocycles. The lowest BCUT2D eigenvalue weighted by atomic mass is 10.2. The van der Waals surface area contributed by atoms with E-state index in [-0.39, 0.29) is 30.0 Å². The summed E-state index contributed by atoms with van der Waals surface area (Å²) in [5, 5.41) is 2.80. The second kappa shape index (κ2) is 7.13. The van der Waals surface area contributed by atoms with E-state index in [0.717, 1.165) is 11.1 Å². The first-order chi connectivity index (χ1) is 11.8. The van der Waals surface area contributed by atoms with Crippen LogP contribution in [0.15, 0.2) is 22.6 Å². The smallest absolute Gasteiger partial charge is 0.221 e. The Morgan fingerprint density at radius 1 is 1.44 bits per heavy atom. The molecule has 8 heteroatoms. The maximum Gasteiger partial charge on any atom is 0.221 e. The predicted molar refractivity (Wildman–Crippen MR) is 94.9 cm³/mol. The summed E-state index contributed by atoms with van der Waals surface area (Å²) in [6.07, 6.45) is 0.953. The van der Waals surface area contributed by atoms with Crippen molar-refractivity contribution in [1.82, 2.24) is 15.2 Å². The molecular weight excluding hydrogens is 342 g/mol. The van der Waals surface area contributed by atoms with Crippen LogP contribution in [0.3, 0.4) is 0 Å². The molecule has 136 valence electrons. The summed E-state index contributed by atoms with van der Waals surface area (Å²) in [5.74, 6) is 0.804. The third-order valence-electron chi connectivity index (χ3n) is 4.63. The lowest BCUT2D eigenvalue weighted by molar-refractivity contribution is -0.121. The molecule has 7 nitrogen and oxygen atoms in total. The zero-order valence-electron chi connectivity index (χ0n) is 14.5. The lowest BCUT2D eigenvalue weighted by Crippen LogP contribution is -2.36. The fourth-order valence-electron chi connectivity index (χ4n) is 3.05. The van der Waals surface area contributed by atoms with Crippen molar-refractivity contribution in [3.8, 4) is 0 Å². The molecule has 0 unspecified atom stereocenters. The summed E-state index contributed by atoms with van der Waals surface area (Å²) >= 11 is 0. The molecule has 1 aromatic heterocycles. The Hall–Kier alpha value is -1.93.